The summed E-state index contributed by atoms with van der Waals surface area (Å²) in [6, 6.07) is -3.47. The third kappa shape index (κ3) is 34.6. The molecule has 1 aliphatic carbocycles. The molecular formula is C35H75N7O8. The van der Waals surface area contributed by atoms with Crippen LogP contribution in [-0.4, -0.2) is 97.6 Å². The van der Waals surface area contributed by atoms with E-state index in [1.54, 1.807) is 20.9 Å². The molecule has 15 heteroatoms. The number of rotatable bonds is 16. The standard InChI is InChI=1S/C23H40N6O7.C4H10.C3H9N.2C2H6.CH4O/c1-13(2)20(21(24)34)29-23(36)15(9-14-7-5-4-6-8-14)28-22(35)16(10-19(32)33)27-18(31)12-26-17(30)11-25-3;1-4(2)3;1-2-3-4;3*1-2/h13-16,20,25H,4-12H2,1-3H3,(H2,24,34)(H,26,30)(H,27,31)(H,28,35)(H,29,36)(H,32,33);4H,1-3H3;2-4H2,1H3;2*1-2H3;2H,1H3. The third-order valence-corrected chi connectivity index (χ3v) is 6.30. The first-order chi connectivity index (χ1) is 23.6. The predicted octanol–water partition coefficient (Wildman–Crippen LogP) is 2.04. The molecule has 15 nitrogen and oxygen atoms in total. The number of carboxylic acids is 1. The lowest BCUT2D eigenvalue weighted by atomic mass is 9.84. The first-order valence-corrected chi connectivity index (χ1v) is 18.1. The average molecular weight is 722 g/mol. The quantitative estimate of drug-likeness (QED) is 0.112. The molecule has 1 rings (SSSR count). The van der Waals surface area contributed by atoms with E-state index in [9.17, 15) is 33.9 Å². The molecule has 298 valence electrons. The Morgan fingerprint density at radius 3 is 1.60 bits per heavy atom. The highest BCUT2D eigenvalue weighted by Gasteiger charge is 2.32. The lowest BCUT2D eigenvalue weighted by molar-refractivity contribution is -0.141. The normalized spacial score (nSPS) is 13.4. The van der Waals surface area contributed by atoms with Crippen molar-refractivity contribution in [2.75, 3.05) is 33.8 Å². The van der Waals surface area contributed by atoms with E-state index < -0.39 is 66.6 Å². The Kier molecular flexibility index (Phi) is 43.2. The van der Waals surface area contributed by atoms with Crippen LogP contribution in [0.3, 0.4) is 0 Å². The maximum Gasteiger partial charge on any atom is 0.305 e. The first kappa shape index (κ1) is 56.1. The maximum atomic E-state index is 13.1. The van der Waals surface area contributed by atoms with Crippen molar-refractivity contribution in [3.8, 4) is 0 Å². The Morgan fingerprint density at radius 1 is 0.760 bits per heavy atom. The summed E-state index contributed by atoms with van der Waals surface area (Å²) in [5.74, 6) is -4.01. The number of amides is 5. The molecule has 0 aromatic heterocycles. The van der Waals surface area contributed by atoms with Crippen molar-refractivity contribution in [3.63, 3.8) is 0 Å². The number of nitrogens with one attached hydrogen (secondary N) is 5. The van der Waals surface area contributed by atoms with E-state index in [4.69, 9.17) is 16.6 Å². The van der Waals surface area contributed by atoms with Gasteiger partial charge in [0.2, 0.25) is 29.5 Å². The Labute approximate surface area is 302 Å². The number of aliphatic hydroxyl groups is 1. The van der Waals surface area contributed by atoms with Gasteiger partial charge in [0.05, 0.1) is 19.5 Å². The van der Waals surface area contributed by atoms with E-state index >= 15 is 0 Å². The van der Waals surface area contributed by atoms with Crippen molar-refractivity contribution in [1.29, 1.82) is 0 Å². The minimum Gasteiger partial charge on any atom is -0.481 e. The van der Waals surface area contributed by atoms with Crippen molar-refractivity contribution >= 4 is 35.5 Å². The molecule has 1 saturated carbocycles. The summed E-state index contributed by atoms with van der Waals surface area (Å²) in [6.07, 6.45) is 5.52. The number of carbonyl (C=O) groups excluding carboxylic acids is 5. The summed E-state index contributed by atoms with van der Waals surface area (Å²) in [5.41, 5.74) is 10.4. The van der Waals surface area contributed by atoms with Crippen LogP contribution in [0.4, 0.5) is 0 Å². The van der Waals surface area contributed by atoms with Crippen LogP contribution in [0.1, 0.15) is 121 Å². The van der Waals surface area contributed by atoms with Crippen molar-refractivity contribution in [1.82, 2.24) is 26.6 Å². The fourth-order valence-electron chi connectivity index (χ4n) is 4.11. The van der Waals surface area contributed by atoms with Gasteiger partial charge in [-0.2, -0.15) is 0 Å². The van der Waals surface area contributed by atoms with Crippen LogP contribution in [0.15, 0.2) is 0 Å². The highest BCUT2D eigenvalue weighted by Crippen LogP contribution is 2.27. The molecule has 0 aromatic rings. The third-order valence-electron chi connectivity index (χ3n) is 6.30. The highest BCUT2D eigenvalue weighted by atomic mass is 16.4. The topological polar surface area (TPSA) is 255 Å². The number of aliphatic carboxylic acids is 1. The van der Waals surface area contributed by atoms with Gasteiger partial charge in [-0.3, -0.25) is 28.8 Å². The molecule has 0 spiro atoms. The van der Waals surface area contributed by atoms with E-state index in [1.807, 2.05) is 27.7 Å². The number of aliphatic hydroxyl groups excluding tert-OH is 1. The van der Waals surface area contributed by atoms with Crippen molar-refractivity contribution in [2.24, 2.45) is 29.2 Å². The molecule has 50 heavy (non-hydrogen) atoms. The van der Waals surface area contributed by atoms with Crippen LogP contribution < -0.4 is 38.1 Å². The molecule has 1 aliphatic rings. The molecule has 11 N–H and O–H groups in total. The number of likely N-dealkylation sites (N-methyl/N-ethyl adjacent to an activating group) is 1. The van der Waals surface area contributed by atoms with Crippen molar-refractivity contribution in [2.45, 2.75) is 139 Å². The smallest absolute Gasteiger partial charge is 0.305 e. The van der Waals surface area contributed by atoms with Gasteiger partial charge in [-0.25, -0.2) is 0 Å². The largest absolute Gasteiger partial charge is 0.481 e. The van der Waals surface area contributed by atoms with Crippen LogP contribution in [0.5, 0.6) is 0 Å². The van der Waals surface area contributed by atoms with Gasteiger partial charge < -0.3 is 48.3 Å². The monoisotopic (exact) mass is 722 g/mol. The van der Waals surface area contributed by atoms with Gasteiger partial charge in [-0.15, -0.1) is 0 Å². The van der Waals surface area contributed by atoms with E-state index in [0.29, 0.717) is 6.42 Å². The van der Waals surface area contributed by atoms with Gasteiger partial charge in [0.25, 0.3) is 0 Å². The highest BCUT2D eigenvalue weighted by molar-refractivity contribution is 5.96. The van der Waals surface area contributed by atoms with Crippen LogP contribution in [0.25, 0.3) is 0 Å². The summed E-state index contributed by atoms with van der Waals surface area (Å²) in [5, 5.41) is 28.6. The molecule has 3 unspecified atom stereocenters. The van der Waals surface area contributed by atoms with Gasteiger partial charge >= 0.3 is 5.97 Å². The van der Waals surface area contributed by atoms with Gasteiger partial charge in [-0.05, 0) is 44.2 Å². The molecule has 0 bridgehead atoms. The molecule has 0 saturated heterocycles. The summed E-state index contributed by atoms with van der Waals surface area (Å²) in [7, 11) is 2.56. The number of carboxylic acid groups (broad SMARTS) is 1. The fraction of sp³-hybridized carbons (Fsp3) is 0.829. The number of nitrogens with two attached hydrogens (primary N) is 2. The zero-order chi connectivity index (χ0) is 40.2. The summed E-state index contributed by atoms with van der Waals surface area (Å²) in [6.45, 7) is 20.3. The first-order valence-electron chi connectivity index (χ1n) is 18.1. The molecule has 3 atom stereocenters. The number of hydrogen-bond donors (Lipinski definition) is 9. The number of primary amides is 1. The van der Waals surface area contributed by atoms with Crippen LogP contribution in [0.2, 0.25) is 0 Å². The summed E-state index contributed by atoms with van der Waals surface area (Å²) >= 11 is 0. The van der Waals surface area contributed by atoms with E-state index in [2.05, 4.69) is 54.3 Å². The Morgan fingerprint density at radius 2 is 1.22 bits per heavy atom. The van der Waals surface area contributed by atoms with E-state index in [1.165, 1.54) is 0 Å². The Balaban J connectivity index is -0.000000415. The predicted molar refractivity (Wildman–Crippen MR) is 201 cm³/mol. The average Bonchev–Trinajstić information content (AvgIpc) is 3.08. The van der Waals surface area contributed by atoms with Crippen LogP contribution in [-0.2, 0) is 28.8 Å². The van der Waals surface area contributed by atoms with Gasteiger partial charge in [-0.1, -0.05) is 101 Å². The number of hydrogen-bond acceptors (Lipinski definition) is 9. The van der Waals surface area contributed by atoms with E-state index in [0.717, 1.165) is 58.1 Å². The Bertz CT molecular complexity index is 878. The Hall–Kier alpha value is -3.30. The fourth-order valence-corrected chi connectivity index (χ4v) is 4.11. The van der Waals surface area contributed by atoms with Crippen LogP contribution >= 0.6 is 0 Å². The molecule has 1 fully saturated rings. The zero-order valence-corrected chi connectivity index (χ0v) is 33.2. The van der Waals surface area contributed by atoms with Crippen molar-refractivity contribution in [3.05, 3.63) is 0 Å². The minimum atomic E-state index is -1.48. The lowest BCUT2D eigenvalue weighted by Gasteiger charge is -2.29. The SMILES string of the molecule is CC.CC.CC(C)C.CCCN.CNCC(=O)NCC(=O)NC(CC(=O)O)C(=O)NC(CC1CCCCC1)C(=O)NC(C(N)=O)C(C)C.CO. The molecule has 0 aromatic carbocycles. The summed E-state index contributed by atoms with van der Waals surface area (Å²) < 4.78 is 0. The maximum absolute atomic E-state index is 13.1. The zero-order valence-electron chi connectivity index (χ0n) is 33.2. The molecule has 0 radical (unpaired) electrons. The number of carbonyl (C=O) groups is 6. The second kappa shape index (κ2) is 38.5. The molecular weight excluding hydrogens is 646 g/mol. The molecule has 5 amide bonds. The second-order valence-corrected chi connectivity index (χ2v) is 12.0. The van der Waals surface area contributed by atoms with Crippen molar-refractivity contribution < 1.29 is 39.0 Å². The minimum absolute atomic E-state index is 0.0209. The van der Waals surface area contributed by atoms with Gasteiger partial charge in [0.15, 0.2) is 0 Å². The van der Waals surface area contributed by atoms with Gasteiger partial charge in [0.1, 0.15) is 18.1 Å². The molecule has 0 heterocycles. The van der Waals surface area contributed by atoms with Crippen LogP contribution in [0, 0.1) is 17.8 Å². The van der Waals surface area contributed by atoms with E-state index in [-0.39, 0.29) is 18.4 Å². The molecule has 0 aliphatic heterocycles. The summed E-state index contributed by atoms with van der Waals surface area (Å²) in [4.78, 5) is 73.0. The van der Waals surface area contributed by atoms with Gasteiger partial charge in [0, 0.05) is 7.11 Å². The lowest BCUT2D eigenvalue weighted by Crippen LogP contribution is -2.58. The second-order valence-electron chi connectivity index (χ2n) is 12.0.